The summed E-state index contributed by atoms with van der Waals surface area (Å²) >= 11 is 5.95. The Kier molecular flexibility index (Phi) is 6.48. The van der Waals surface area contributed by atoms with Crippen LogP contribution < -0.4 is 16.0 Å². The SMILES string of the molecule is CCNC(C)CC(=O)Nc1ccc(Cl)c(C(=O)NC)c1. The molecule has 1 unspecified atom stereocenters. The Balaban J connectivity index is 2.73. The van der Waals surface area contributed by atoms with E-state index in [1.165, 1.54) is 7.05 Å². The minimum atomic E-state index is -0.285. The Morgan fingerprint density at radius 3 is 2.65 bits per heavy atom. The molecular formula is C14H20ClN3O2. The van der Waals surface area contributed by atoms with Crippen molar-refractivity contribution in [1.82, 2.24) is 10.6 Å². The molecule has 0 heterocycles. The first-order valence-corrected chi connectivity index (χ1v) is 6.90. The summed E-state index contributed by atoms with van der Waals surface area (Å²) in [7, 11) is 1.53. The lowest BCUT2D eigenvalue weighted by atomic mass is 10.1. The van der Waals surface area contributed by atoms with E-state index in [1.54, 1.807) is 18.2 Å². The molecule has 20 heavy (non-hydrogen) atoms. The van der Waals surface area contributed by atoms with Gasteiger partial charge in [0.15, 0.2) is 0 Å². The molecule has 1 atom stereocenters. The molecule has 2 amide bonds. The second kappa shape index (κ2) is 7.87. The number of rotatable bonds is 6. The highest BCUT2D eigenvalue weighted by atomic mass is 35.5. The predicted molar refractivity (Wildman–Crippen MR) is 81.2 cm³/mol. The normalized spacial score (nSPS) is 11.8. The van der Waals surface area contributed by atoms with Crippen LogP contribution in [-0.2, 0) is 4.79 Å². The summed E-state index contributed by atoms with van der Waals surface area (Å²) in [5.41, 5.74) is 0.897. The molecule has 0 fully saturated rings. The van der Waals surface area contributed by atoms with Crippen LogP contribution in [0.3, 0.4) is 0 Å². The Morgan fingerprint density at radius 1 is 1.35 bits per heavy atom. The molecule has 0 bridgehead atoms. The van der Waals surface area contributed by atoms with Gasteiger partial charge in [0, 0.05) is 25.2 Å². The Bertz CT molecular complexity index is 491. The third kappa shape index (κ3) is 4.83. The van der Waals surface area contributed by atoms with E-state index in [-0.39, 0.29) is 17.9 Å². The molecule has 0 aliphatic heterocycles. The molecule has 1 rings (SSSR count). The number of anilines is 1. The molecule has 0 spiro atoms. The summed E-state index contributed by atoms with van der Waals surface area (Å²) in [4.78, 5) is 23.5. The van der Waals surface area contributed by atoms with Crippen molar-refractivity contribution in [2.24, 2.45) is 0 Å². The lowest BCUT2D eigenvalue weighted by molar-refractivity contribution is -0.116. The van der Waals surface area contributed by atoms with Crippen LogP contribution in [0.25, 0.3) is 0 Å². The lowest BCUT2D eigenvalue weighted by Crippen LogP contribution is -2.30. The second-order valence-electron chi connectivity index (χ2n) is 4.48. The van der Waals surface area contributed by atoms with Crippen LogP contribution in [0.2, 0.25) is 5.02 Å². The van der Waals surface area contributed by atoms with Crippen molar-refractivity contribution in [2.45, 2.75) is 26.3 Å². The average molecular weight is 298 g/mol. The van der Waals surface area contributed by atoms with Crippen LogP contribution in [0.15, 0.2) is 18.2 Å². The van der Waals surface area contributed by atoms with Gasteiger partial charge in [-0.25, -0.2) is 0 Å². The highest BCUT2D eigenvalue weighted by Gasteiger charge is 2.12. The predicted octanol–water partition coefficient (Wildman–Crippen LogP) is 2.03. The quantitative estimate of drug-likeness (QED) is 0.752. The highest BCUT2D eigenvalue weighted by Crippen LogP contribution is 2.20. The Hall–Kier alpha value is -1.59. The van der Waals surface area contributed by atoms with E-state index in [4.69, 9.17) is 11.6 Å². The van der Waals surface area contributed by atoms with E-state index in [2.05, 4.69) is 16.0 Å². The van der Waals surface area contributed by atoms with Crippen molar-refractivity contribution in [3.8, 4) is 0 Å². The largest absolute Gasteiger partial charge is 0.355 e. The van der Waals surface area contributed by atoms with Crippen molar-refractivity contribution in [3.05, 3.63) is 28.8 Å². The molecule has 0 saturated heterocycles. The van der Waals surface area contributed by atoms with Crippen molar-refractivity contribution in [1.29, 1.82) is 0 Å². The fourth-order valence-corrected chi connectivity index (χ4v) is 2.03. The van der Waals surface area contributed by atoms with E-state index in [0.29, 0.717) is 22.7 Å². The van der Waals surface area contributed by atoms with Crippen molar-refractivity contribution in [3.63, 3.8) is 0 Å². The number of carbonyl (C=O) groups is 2. The van der Waals surface area contributed by atoms with Crippen LogP contribution in [-0.4, -0.2) is 31.4 Å². The number of carbonyl (C=O) groups excluding carboxylic acids is 2. The summed E-state index contributed by atoms with van der Waals surface area (Å²) in [6.45, 7) is 4.75. The van der Waals surface area contributed by atoms with E-state index >= 15 is 0 Å². The summed E-state index contributed by atoms with van der Waals surface area (Å²) in [6, 6.07) is 4.93. The lowest BCUT2D eigenvalue weighted by Gasteiger charge is -2.13. The maximum absolute atomic E-state index is 11.8. The zero-order chi connectivity index (χ0) is 15.1. The minimum Gasteiger partial charge on any atom is -0.355 e. The van der Waals surface area contributed by atoms with Gasteiger partial charge in [0.05, 0.1) is 10.6 Å². The maximum Gasteiger partial charge on any atom is 0.252 e. The summed E-state index contributed by atoms with van der Waals surface area (Å²) in [6.07, 6.45) is 0.367. The minimum absolute atomic E-state index is 0.103. The topological polar surface area (TPSA) is 70.2 Å². The monoisotopic (exact) mass is 297 g/mol. The third-order valence-electron chi connectivity index (χ3n) is 2.77. The molecule has 0 aromatic heterocycles. The molecule has 1 aromatic carbocycles. The van der Waals surface area contributed by atoms with E-state index in [0.717, 1.165) is 6.54 Å². The van der Waals surface area contributed by atoms with E-state index < -0.39 is 0 Å². The maximum atomic E-state index is 11.8. The summed E-state index contributed by atoms with van der Waals surface area (Å²) in [5.74, 6) is -0.393. The summed E-state index contributed by atoms with van der Waals surface area (Å²) in [5, 5.41) is 8.78. The van der Waals surface area contributed by atoms with Gasteiger partial charge in [0.25, 0.3) is 5.91 Å². The molecule has 0 aliphatic carbocycles. The molecule has 1 aromatic rings. The van der Waals surface area contributed by atoms with Gasteiger partial charge in [0.1, 0.15) is 0 Å². The Labute approximate surface area is 124 Å². The fraction of sp³-hybridized carbons (Fsp3) is 0.429. The van der Waals surface area contributed by atoms with Crippen LogP contribution in [0, 0.1) is 0 Å². The molecule has 3 N–H and O–H groups in total. The molecule has 0 aliphatic rings. The molecular weight excluding hydrogens is 278 g/mol. The van der Waals surface area contributed by atoms with Gasteiger partial charge < -0.3 is 16.0 Å². The summed E-state index contributed by atoms with van der Waals surface area (Å²) < 4.78 is 0. The zero-order valence-electron chi connectivity index (χ0n) is 11.9. The fourth-order valence-electron chi connectivity index (χ4n) is 1.82. The van der Waals surface area contributed by atoms with Crippen molar-refractivity contribution < 1.29 is 9.59 Å². The first-order valence-electron chi connectivity index (χ1n) is 6.52. The van der Waals surface area contributed by atoms with Gasteiger partial charge in [-0.2, -0.15) is 0 Å². The number of hydrogen-bond acceptors (Lipinski definition) is 3. The van der Waals surface area contributed by atoms with E-state index in [9.17, 15) is 9.59 Å². The van der Waals surface area contributed by atoms with Gasteiger partial charge in [-0.1, -0.05) is 18.5 Å². The molecule has 0 saturated carbocycles. The molecule has 110 valence electrons. The zero-order valence-corrected chi connectivity index (χ0v) is 12.7. The number of benzene rings is 1. The standard InChI is InChI=1S/C14H20ClN3O2/c1-4-17-9(2)7-13(19)18-10-5-6-12(15)11(8-10)14(20)16-3/h5-6,8-9,17H,4,7H2,1-3H3,(H,16,20)(H,18,19). The first-order chi connectivity index (χ1) is 9.47. The first kappa shape index (κ1) is 16.5. The number of halogens is 1. The number of hydrogen-bond donors (Lipinski definition) is 3. The smallest absolute Gasteiger partial charge is 0.252 e. The van der Waals surface area contributed by atoms with Crippen LogP contribution in [0.5, 0.6) is 0 Å². The molecule has 5 nitrogen and oxygen atoms in total. The van der Waals surface area contributed by atoms with Crippen LogP contribution in [0.1, 0.15) is 30.6 Å². The van der Waals surface area contributed by atoms with Crippen LogP contribution in [0.4, 0.5) is 5.69 Å². The number of nitrogens with one attached hydrogen (secondary N) is 3. The number of amides is 2. The van der Waals surface area contributed by atoms with Crippen LogP contribution >= 0.6 is 11.6 Å². The van der Waals surface area contributed by atoms with Crippen molar-refractivity contribution in [2.75, 3.05) is 18.9 Å². The molecule has 0 radical (unpaired) electrons. The van der Waals surface area contributed by atoms with Crippen molar-refractivity contribution >= 4 is 29.1 Å². The van der Waals surface area contributed by atoms with E-state index in [1.807, 2.05) is 13.8 Å². The van der Waals surface area contributed by atoms with Gasteiger partial charge in [-0.05, 0) is 31.7 Å². The van der Waals surface area contributed by atoms with Gasteiger partial charge in [0.2, 0.25) is 5.91 Å². The average Bonchev–Trinajstić information content (AvgIpc) is 2.40. The second-order valence-corrected chi connectivity index (χ2v) is 4.89. The van der Waals surface area contributed by atoms with Gasteiger partial charge >= 0.3 is 0 Å². The van der Waals surface area contributed by atoms with Gasteiger partial charge in [-0.3, -0.25) is 9.59 Å². The third-order valence-corrected chi connectivity index (χ3v) is 3.10. The van der Waals surface area contributed by atoms with Gasteiger partial charge in [-0.15, -0.1) is 0 Å². The highest BCUT2D eigenvalue weighted by molar-refractivity contribution is 6.34. The molecule has 6 heteroatoms. The Morgan fingerprint density at radius 2 is 2.05 bits per heavy atom.